The van der Waals surface area contributed by atoms with Crippen molar-refractivity contribution >= 4 is 20.8 Å². The molecule has 1 nitrogen and oxygen atoms in total. The second-order valence-corrected chi connectivity index (χ2v) is 2.54. The van der Waals surface area contributed by atoms with Crippen LogP contribution in [0, 0.1) is 0 Å². The van der Waals surface area contributed by atoms with Gasteiger partial charge in [-0.2, -0.15) is 0 Å². The third-order valence-electron chi connectivity index (χ3n) is 0.906. The van der Waals surface area contributed by atoms with Gasteiger partial charge in [-0.1, -0.05) is 11.2 Å². The SMILES string of the molecule is O=C1C=CC(=[SiH2])C1. The van der Waals surface area contributed by atoms with Gasteiger partial charge in [0.25, 0.3) is 0 Å². The van der Waals surface area contributed by atoms with Crippen molar-refractivity contribution in [2.45, 2.75) is 6.42 Å². The lowest BCUT2D eigenvalue weighted by Crippen LogP contribution is -1.91. The average molecular weight is 110 g/mol. The Hall–Kier alpha value is -0.503. The molecule has 0 N–H and O–H groups in total. The second kappa shape index (κ2) is 1.54. The minimum absolute atomic E-state index is 0.241. The molecule has 0 amide bonds. The Bertz CT molecular complexity index is 130. The van der Waals surface area contributed by atoms with E-state index in [2.05, 4.69) is 0 Å². The highest BCUT2D eigenvalue weighted by atomic mass is 28.1. The Morgan fingerprint density at radius 3 is 2.43 bits per heavy atom. The molecule has 0 bridgehead atoms. The van der Waals surface area contributed by atoms with Crippen LogP contribution in [0.3, 0.4) is 0 Å². The first kappa shape index (κ1) is 4.65. The summed E-state index contributed by atoms with van der Waals surface area (Å²) in [5.41, 5.74) is 0. The number of rotatable bonds is 0. The summed E-state index contributed by atoms with van der Waals surface area (Å²) >= 11 is 0. The standard InChI is InChI=1S/C5H6OSi/c6-4-1-2-5(7)3-4/h1-2H,3,7H2. The van der Waals surface area contributed by atoms with Crippen LogP contribution >= 0.6 is 0 Å². The minimum atomic E-state index is 0.241. The molecular weight excluding hydrogens is 104 g/mol. The lowest BCUT2D eigenvalue weighted by Gasteiger charge is -1.79. The molecule has 0 aromatic heterocycles. The maximum Gasteiger partial charge on any atom is 0.159 e. The van der Waals surface area contributed by atoms with Crippen LogP contribution in [-0.4, -0.2) is 20.8 Å². The Kier molecular flexibility index (Phi) is 1.02. The van der Waals surface area contributed by atoms with Crippen molar-refractivity contribution in [2.24, 2.45) is 0 Å². The van der Waals surface area contributed by atoms with Crippen molar-refractivity contribution in [3.63, 3.8) is 0 Å². The molecule has 7 heavy (non-hydrogen) atoms. The lowest BCUT2D eigenvalue weighted by molar-refractivity contribution is -0.113. The summed E-state index contributed by atoms with van der Waals surface area (Å²) in [4.78, 5) is 10.4. The zero-order valence-corrected chi connectivity index (χ0v) is 5.39. The number of hydrogen-bond acceptors (Lipinski definition) is 1. The highest BCUT2D eigenvalue weighted by molar-refractivity contribution is 6.47. The van der Waals surface area contributed by atoms with E-state index in [0.717, 1.165) is 0 Å². The van der Waals surface area contributed by atoms with Crippen LogP contribution in [0.2, 0.25) is 0 Å². The van der Waals surface area contributed by atoms with E-state index in [0.29, 0.717) is 6.42 Å². The maximum absolute atomic E-state index is 10.4. The number of carbonyl (C=O) groups excluding carboxylic acids is 1. The van der Waals surface area contributed by atoms with Gasteiger partial charge in [0.05, 0.1) is 0 Å². The van der Waals surface area contributed by atoms with Gasteiger partial charge in [-0.15, -0.1) is 0 Å². The molecule has 36 valence electrons. The summed E-state index contributed by atoms with van der Waals surface area (Å²) in [5, 5.41) is 1.20. The highest BCUT2D eigenvalue weighted by Gasteiger charge is 2.03. The summed E-state index contributed by atoms with van der Waals surface area (Å²) in [6.45, 7) is 0. The van der Waals surface area contributed by atoms with Gasteiger partial charge >= 0.3 is 0 Å². The Morgan fingerprint density at radius 1 is 1.57 bits per heavy atom. The minimum Gasteiger partial charge on any atom is -0.295 e. The summed E-state index contributed by atoms with van der Waals surface area (Å²) < 4.78 is 0. The van der Waals surface area contributed by atoms with Crippen LogP contribution in [0.15, 0.2) is 12.2 Å². The van der Waals surface area contributed by atoms with Crippen LogP contribution in [0.4, 0.5) is 0 Å². The highest BCUT2D eigenvalue weighted by Crippen LogP contribution is 1.96. The summed E-state index contributed by atoms with van der Waals surface area (Å²) in [7, 11) is 1.78. The molecule has 0 aromatic carbocycles. The van der Waals surface area contributed by atoms with E-state index >= 15 is 0 Å². The van der Waals surface area contributed by atoms with Gasteiger partial charge in [-0.25, -0.2) is 0 Å². The van der Waals surface area contributed by atoms with Gasteiger partial charge in [0.1, 0.15) is 0 Å². The van der Waals surface area contributed by atoms with E-state index in [-0.39, 0.29) is 5.78 Å². The van der Waals surface area contributed by atoms with Crippen LogP contribution in [0.5, 0.6) is 0 Å². The van der Waals surface area contributed by atoms with E-state index in [9.17, 15) is 4.79 Å². The predicted octanol–water partition coefficient (Wildman–Crippen LogP) is -0.679. The van der Waals surface area contributed by atoms with Crippen molar-refractivity contribution in [3.05, 3.63) is 12.2 Å². The first-order valence-corrected chi connectivity index (χ1v) is 2.88. The summed E-state index contributed by atoms with van der Waals surface area (Å²) in [6.07, 6.45) is 4.15. The molecule has 0 spiro atoms. The second-order valence-electron chi connectivity index (χ2n) is 1.63. The number of allylic oxidation sites excluding steroid dienone is 2. The van der Waals surface area contributed by atoms with Crippen molar-refractivity contribution in [1.82, 2.24) is 0 Å². The number of carbonyl (C=O) groups is 1. The average Bonchev–Trinajstić information content (AvgIpc) is 1.87. The fourth-order valence-corrected chi connectivity index (χ4v) is 0.917. The van der Waals surface area contributed by atoms with Crippen molar-refractivity contribution < 1.29 is 4.79 Å². The van der Waals surface area contributed by atoms with Gasteiger partial charge in [-0.3, -0.25) is 4.79 Å². The normalized spacial score (nSPS) is 18.9. The molecule has 1 rings (SSSR count). The molecule has 0 saturated heterocycles. The molecule has 0 unspecified atom stereocenters. The Balaban J connectivity index is 2.76. The predicted molar refractivity (Wildman–Crippen MR) is 32.3 cm³/mol. The molecule has 0 fully saturated rings. The van der Waals surface area contributed by atoms with Crippen molar-refractivity contribution in [1.29, 1.82) is 0 Å². The maximum atomic E-state index is 10.4. The smallest absolute Gasteiger partial charge is 0.159 e. The van der Waals surface area contributed by atoms with Crippen LogP contribution < -0.4 is 0 Å². The van der Waals surface area contributed by atoms with Crippen LogP contribution in [-0.2, 0) is 4.79 Å². The first-order valence-electron chi connectivity index (χ1n) is 2.18. The first-order chi connectivity index (χ1) is 3.29. The molecule has 0 saturated carbocycles. The Labute approximate surface area is 45.1 Å². The van der Waals surface area contributed by atoms with E-state index in [1.165, 1.54) is 5.17 Å². The van der Waals surface area contributed by atoms with Gasteiger partial charge in [0.15, 0.2) is 5.78 Å². The molecule has 0 radical (unpaired) electrons. The third-order valence-corrected chi connectivity index (χ3v) is 1.39. The molecular formula is C5H6OSi. The number of hydrogen-bond donors (Lipinski definition) is 0. The molecule has 0 aliphatic heterocycles. The molecule has 0 atom stereocenters. The fourth-order valence-electron chi connectivity index (χ4n) is 0.552. The Morgan fingerprint density at radius 2 is 2.29 bits per heavy atom. The third kappa shape index (κ3) is 0.931. The molecule has 0 heterocycles. The van der Waals surface area contributed by atoms with Gasteiger partial charge in [-0.05, 0) is 15.9 Å². The molecule has 2 heteroatoms. The monoisotopic (exact) mass is 110 g/mol. The quantitative estimate of drug-likeness (QED) is 0.378. The van der Waals surface area contributed by atoms with Crippen molar-refractivity contribution in [3.8, 4) is 0 Å². The largest absolute Gasteiger partial charge is 0.295 e. The van der Waals surface area contributed by atoms with E-state index in [1.54, 1.807) is 15.9 Å². The molecule has 1 aliphatic carbocycles. The zero-order chi connectivity index (χ0) is 5.28. The van der Waals surface area contributed by atoms with Gasteiger partial charge in [0.2, 0.25) is 0 Å². The van der Waals surface area contributed by atoms with Crippen molar-refractivity contribution in [2.75, 3.05) is 0 Å². The molecule has 0 aromatic rings. The molecule has 1 aliphatic rings. The topological polar surface area (TPSA) is 17.1 Å². The van der Waals surface area contributed by atoms with Gasteiger partial charge < -0.3 is 0 Å². The number of ketones is 1. The zero-order valence-electron chi connectivity index (χ0n) is 3.98. The van der Waals surface area contributed by atoms with E-state index in [4.69, 9.17) is 0 Å². The van der Waals surface area contributed by atoms with E-state index in [1.807, 2.05) is 6.08 Å². The summed E-state index contributed by atoms with van der Waals surface area (Å²) in [6, 6.07) is 0. The van der Waals surface area contributed by atoms with Crippen LogP contribution in [0.1, 0.15) is 6.42 Å². The summed E-state index contributed by atoms with van der Waals surface area (Å²) in [5.74, 6) is 0.241. The lowest BCUT2D eigenvalue weighted by atomic mass is 10.3. The fraction of sp³-hybridized carbons (Fsp3) is 0.200. The van der Waals surface area contributed by atoms with E-state index < -0.39 is 0 Å². The van der Waals surface area contributed by atoms with Crippen LogP contribution in [0.25, 0.3) is 0 Å². The van der Waals surface area contributed by atoms with Gasteiger partial charge in [0, 0.05) is 6.42 Å².